The van der Waals surface area contributed by atoms with Gasteiger partial charge < -0.3 is 9.84 Å². The molecule has 2 heterocycles. The number of nitrogens with zero attached hydrogens (tertiary/aromatic N) is 2. The van der Waals surface area contributed by atoms with Crippen molar-refractivity contribution in [3.8, 4) is 0 Å². The summed E-state index contributed by atoms with van der Waals surface area (Å²) in [7, 11) is 0. The first kappa shape index (κ1) is 12.1. The zero-order chi connectivity index (χ0) is 13.4. The average Bonchev–Trinajstić information content (AvgIpc) is 3.14. The van der Waals surface area contributed by atoms with Gasteiger partial charge in [0.2, 0.25) is 5.89 Å². The first-order valence-electron chi connectivity index (χ1n) is 7.54. The van der Waals surface area contributed by atoms with E-state index in [0.717, 1.165) is 37.5 Å². The van der Waals surface area contributed by atoms with Crippen LogP contribution in [0.4, 0.5) is 0 Å². The van der Waals surface area contributed by atoms with E-state index in [4.69, 9.17) is 4.52 Å². The van der Waals surface area contributed by atoms with E-state index in [0.29, 0.717) is 5.92 Å². The highest BCUT2D eigenvalue weighted by Gasteiger charge is 2.28. The van der Waals surface area contributed by atoms with Crippen LogP contribution in [0.1, 0.15) is 54.1 Å². The Kier molecular flexibility index (Phi) is 3.03. The standard InChI is InChI=1S/C16H19N3O/c1-2-6-12-10-13(9-11(12)5-1)15-18-16(20-19-15)14-7-3-4-8-17-14/h1-2,5-6,13-14,17H,3-4,7-10H2/t14-/m0/s1. The molecule has 0 radical (unpaired) electrons. The minimum atomic E-state index is 0.258. The zero-order valence-corrected chi connectivity index (χ0v) is 11.5. The van der Waals surface area contributed by atoms with Crippen LogP contribution in [0.2, 0.25) is 0 Å². The Morgan fingerprint density at radius 1 is 1.10 bits per heavy atom. The molecule has 1 aliphatic heterocycles. The molecule has 4 rings (SSSR count). The molecule has 2 aromatic rings. The van der Waals surface area contributed by atoms with Crippen LogP contribution in [-0.4, -0.2) is 16.7 Å². The van der Waals surface area contributed by atoms with Crippen molar-refractivity contribution in [2.45, 2.75) is 44.1 Å². The molecule has 4 nitrogen and oxygen atoms in total. The molecule has 4 heteroatoms. The van der Waals surface area contributed by atoms with Crippen molar-refractivity contribution in [1.82, 2.24) is 15.5 Å². The Hall–Kier alpha value is -1.68. The first-order valence-corrected chi connectivity index (χ1v) is 7.54. The van der Waals surface area contributed by atoms with Gasteiger partial charge in [-0.2, -0.15) is 4.98 Å². The number of hydrogen-bond acceptors (Lipinski definition) is 4. The molecule has 1 atom stereocenters. The summed E-state index contributed by atoms with van der Waals surface area (Å²) in [5.41, 5.74) is 2.86. The quantitative estimate of drug-likeness (QED) is 0.910. The van der Waals surface area contributed by atoms with E-state index < -0.39 is 0 Å². The maximum Gasteiger partial charge on any atom is 0.243 e. The van der Waals surface area contributed by atoms with Crippen LogP contribution in [0.3, 0.4) is 0 Å². The molecule has 0 bridgehead atoms. The van der Waals surface area contributed by atoms with Gasteiger partial charge in [-0.25, -0.2) is 0 Å². The van der Waals surface area contributed by atoms with E-state index >= 15 is 0 Å². The normalized spacial score (nSPS) is 22.9. The zero-order valence-electron chi connectivity index (χ0n) is 11.5. The summed E-state index contributed by atoms with van der Waals surface area (Å²) < 4.78 is 5.49. The van der Waals surface area contributed by atoms with Crippen LogP contribution >= 0.6 is 0 Å². The second-order valence-electron chi connectivity index (χ2n) is 5.87. The molecular formula is C16H19N3O. The van der Waals surface area contributed by atoms with E-state index in [9.17, 15) is 0 Å². The van der Waals surface area contributed by atoms with Crippen molar-refractivity contribution >= 4 is 0 Å². The summed E-state index contributed by atoms with van der Waals surface area (Å²) in [5, 5.41) is 7.69. The van der Waals surface area contributed by atoms with E-state index in [1.165, 1.54) is 24.0 Å². The maximum absolute atomic E-state index is 5.49. The lowest BCUT2D eigenvalue weighted by Gasteiger charge is -2.19. The summed E-state index contributed by atoms with van der Waals surface area (Å²) in [5.74, 6) is 2.03. The van der Waals surface area contributed by atoms with Crippen molar-refractivity contribution < 1.29 is 4.52 Å². The lowest BCUT2D eigenvalue weighted by atomic mass is 10.0. The fourth-order valence-electron chi connectivity index (χ4n) is 3.36. The summed E-state index contributed by atoms with van der Waals surface area (Å²) in [6.45, 7) is 1.05. The van der Waals surface area contributed by atoms with Gasteiger partial charge in [0.05, 0.1) is 6.04 Å². The molecule has 0 unspecified atom stereocenters. The Morgan fingerprint density at radius 2 is 1.90 bits per heavy atom. The van der Waals surface area contributed by atoms with Gasteiger partial charge in [0.25, 0.3) is 0 Å². The molecule has 1 saturated heterocycles. The van der Waals surface area contributed by atoms with Crippen molar-refractivity contribution in [1.29, 1.82) is 0 Å². The monoisotopic (exact) mass is 269 g/mol. The second-order valence-corrected chi connectivity index (χ2v) is 5.87. The third-order valence-electron chi connectivity index (χ3n) is 4.48. The van der Waals surface area contributed by atoms with Gasteiger partial charge in [-0.1, -0.05) is 35.8 Å². The Bertz CT molecular complexity index is 576. The highest BCUT2D eigenvalue weighted by atomic mass is 16.5. The molecule has 0 amide bonds. The van der Waals surface area contributed by atoms with E-state index in [-0.39, 0.29) is 6.04 Å². The van der Waals surface area contributed by atoms with E-state index in [1.54, 1.807) is 0 Å². The van der Waals surface area contributed by atoms with Crippen LogP contribution < -0.4 is 5.32 Å². The predicted octanol–water partition coefficient (Wildman–Crippen LogP) is 2.77. The maximum atomic E-state index is 5.49. The third kappa shape index (κ3) is 2.14. The number of fused-ring (bicyclic) bond motifs is 1. The molecule has 1 aromatic heterocycles. The molecule has 104 valence electrons. The first-order chi connectivity index (χ1) is 9.90. The van der Waals surface area contributed by atoms with Gasteiger partial charge in [0.15, 0.2) is 5.82 Å². The summed E-state index contributed by atoms with van der Waals surface area (Å²) in [6.07, 6.45) is 5.66. The fraction of sp³-hybridized carbons (Fsp3) is 0.500. The van der Waals surface area contributed by atoms with Crippen molar-refractivity contribution in [3.05, 3.63) is 47.1 Å². The molecule has 1 fully saturated rings. The Labute approximate surface area is 118 Å². The smallest absolute Gasteiger partial charge is 0.243 e. The van der Waals surface area contributed by atoms with Crippen LogP contribution in [0.15, 0.2) is 28.8 Å². The molecule has 0 saturated carbocycles. The minimum Gasteiger partial charge on any atom is -0.338 e. The number of aromatic nitrogens is 2. The fourth-order valence-corrected chi connectivity index (χ4v) is 3.36. The van der Waals surface area contributed by atoms with Crippen molar-refractivity contribution in [2.24, 2.45) is 0 Å². The summed E-state index contributed by atoms with van der Waals surface area (Å²) in [4.78, 5) is 4.66. The third-order valence-corrected chi connectivity index (χ3v) is 4.48. The number of benzene rings is 1. The molecule has 20 heavy (non-hydrogen) atoms. The highest BCUT2D eigenvalue weighted by Crippen LogP contribution is 2.33. The van der Waals surface area contributed by atoms with Crippen LogP contribution in [-0.2, 0) is 12.8 Å². The predicted molar refractivity (Wildman–Crippen MR) is 75.5 cm³/mol. The summed E-state index contributed by atoms with van der Waals surface area (Å²) >= 11 is 0. The number of hydrogen-bond donors (Lipinski definition) is 1. The van der Waals surface area contributed by atoms with Crippen LogP contribution in [0, 0.1) is 0 Å². The Balaban J connectivity index is 1.52. The second kappa shape index (κ2) is 5.02. The lowest BCUT2D eigenvalue weighted by molar-refractivity contribution is 0.295. The van der Waals surface area contributed by atoms with E-state index in [1.807, 2.05) is 0 Å². The highest BCUT2D eigenvalue weighted by molar-refractivity contribution is 5.34. The Morgan fingerprint density at radius 3 is 2.60 bits per heavy atom. The molecular weight excluding hydrogens is 250 g/mol. The number of rotatable bonds is 2. The topological polar surface area (TPSA) is 51.0 Å². The van der Waals surface area contributed by atoms with Gasteiger partial charge in [-0.15, -0.1) is 0 Å². The number of piperidine rings is 1. The summed E-state index contributed by atoms with van der Waals surface area (Å²) in [6, 6.07) is 8.88. The van der Waals surface area contributed by atoms with Gasteiger partial charge in [-0.3, -0.25) is 0 Å². The number of nitrogens with one attached hydrogen (secondary N) is 1. The van der Waals surface area contributed by atoms with Crippen LogP contribution in [0.25, 0.3) is 0 Å². The van der Waals surface area contributed by atoms with Crippen molar-refractivity contribution in [2.75, 3.05) is 6.54 Å². The van der Waals surface area contributed by atoms with Gasteiger partial charge >= 0.3 is 0 Å². The van der Waals surface area contributed by atoms with Crippen LogP contribution in [0.5, 0.6) is 0 Å². The largest absolute Gasteiger partial charge is 0.338 e. The van der Waals surface area contributed by atoms with E-state index in [2.05, 4.69) is 39.7 Å². The molecule has 1 N–H and O–H groups in total. The molecule has 1 aliphatic carbocycles. The minimum absolute atomic E-state index is 0.258. The van der Waals surface area contributed by atoms with Gasteiger partial charge in [0.1, 0.15) is 0 Å². The average molecular weight is 269 g/mol. The molecule has 2 aliphatic rings. The molecule has 0 spiro atoms. The van der Waals surface area contributed by atoms with Gasteiger partial charge in [0, 0.05) is 5.92 Å². The lowest BCUT2D eigenvalue weighted by Crippen LogP contribution is -2.27. The molecule has 1 aromatic carbocycles. The SMILES string of the molecule is c1ccc2c(c1)CC(c1noc([C@@H]3CCCCN3)n1)C2. The van der Waals surface area contributed by atoms with Crippen molar-refractivity contribution in [3.63, 3.8) is 0 Å². The van der Waals surface area contributed by atoms with Gasteiger partial charge in [-0.05, 0) is 43.4 Å².